The Bertz CT molecular complexity index is 2810. The van der Waals surface area contributed by atoms with Crippen molar-refractivity contribution in [3.05, 3.63) is 252 Å². The van der Waals surface area contributed by atoms with Gasteiger partial charge in [0.05, 0.1) is 5.69 Å². The molecule has 7 aliphatic rings. The van der Waals surface area contributed by atoms with Gasteiger partial charge in [0.25, 0.3) is 0 Å². The maximum Gasteiger partial charge on any atom is 0.0536 e. The van der Waals surface area contributed by atoms with Gasteiger partial charge in [-0.25, -0.2) is 0 Å². The molecule has 1 heteroatoms. The van der Waals surface area contributed by atoms with Gasteiger partial charge in [0.1, 0.15) is 0 Å². The quantitative estimate of drug-likeness (QED) is 0.167. The number of nitrogens with zero attached hydrogens (tertiary/aromatic N) is 1. The van der Waals surface area contributed by atoms with Gasteiger partial charge in [0.2, 0.25) is 0 Å². The predicted octanol–water partition coefficient (Wildman–Crippen LogP) is 14.3. The average Bonchev–Trinajstić information content (AvgIpc) is 3.77. The number of hydrogen-bond donors (Lipinski definition) is 0. The summed E-state index contributed by atoms with van der Waals surface area (Å²) >= 11 is 0. The Morgan fingerprint density at radius 2 is 1.31 bits per heavy atom. The maximum atomic E-state index is 2.66. The van der Waals surface area contributed by atoms with Gasteiger partial charge in [-0.3, -0.25) is 0 Å². The Morgan fingerprint density at radius 3 is 2.12 bits per heavy atom. The van der Waals surface area contributed by atoms with Gasteiger partial charge in [-0.15, -0.1) is 0 Å². The number of allylic oxidation sites excluding steroid dienone is 20. The average molecular weight is 758 g/mol. The van der Waals surface area contributed by atoms with Crippen molar-refractivity contribution >= 4 is 22.1 Å². The zero-order chi connectivity index (χ0) is 38.9. The van der Waals surface area contributed by atoms with E-state index in [0.717, 1.165) is 19.3 Å². The van der Waals surface area contributed by atoms with Crippen molar-refractivity contribution < 1.29 is 0 Å². The minimum atomic E-state index is -0.253. The number of anilines is 2. The summed E-state index contributed by atoms with van der Waals surface area (Å²) in [5.41, 5.74) is 14.9. The first-order valence-electron chi connectivity index (χ1n) is 21.7. The molecule has 0 bridgehead atoms. The van der Waals surface area contributed by atoms with E-state index in [1.54, 1.807) is 0 Å². The molecule has 7 aliphatic carbocycles. The molecule has 12 rings (SSSR count). The third-order valence-corrected chi connectivity index (χ3v) is 14.6. The molecule has 284 valence electrons. The third-order valence-electron chi connectivity index (χ3n) is 14.6. The fraction of sp³-hybridized carbons (Fsp3) is 0.172. The second kappa shape index (κ2) is 13.8. The highest BCUT2D eigenvalue weighted by Crippen LogP contribution is 2.68. The van der Waals surface area contributed by atoms with Gasteiger partial charge in [-0.2, -0.15) is 0 Å². The van der Waals surface area contributed by atoms with Crippen LogP contribution in [0.2, 0.25) is 0 Å². The van der Waals surface area contributed by atoms with E-state index in [-0.39, 0.29) is 11.3 Å². The number of hydrogen-bond acceptors (Lipinski definition) is 1. The Morgan fingerprint density at radius 1 is 0.576 bits per heavy atom. The van der Waals surface area contributed by atoms with Crippen LogP contribution in [0, 0.1) is 29.6 Å². The van der Waals surface area contributed by atoms with Gasteiger partial charge >= 0.3 is 0 Å². The van der Waals surface area contributed by atoms with Crippen LogP contribution in [0.15, 0.2) is 229 Å². The van der Waals surface area contributed by atoms with Crippen LogP contribution in [0.3, 0.4) is 0 Å². The standard InChI is InChI=1S/C58H47N/c1-3-19-41(20-4-1)57(51-29-15-21-39-17-7-9-25-45(39)51)42-33-35-49-50-36-34-44(59(43-23-5-2-6-24-43)56-32-16-22-40-18-8-10-26-46(40)56)38-55(50)58(54(49)37-42)52-30-13-11-27-47(52)48-28-12-14-31-53(48)58/h1-5,7-20,22-23,25-39,47-48,52-53,57H,6,21,24H2. The predicted molar refractivity (Wildman–Crippen MR) is 247 cm³/mol. The van der Waals surface area contributed by atoms with Crippen LogP contribution in [-0.2, 0) is 5.41 Å². The Labute approximate surface area is 348 Å². The van der Waals surface area contributed by atoms with Crippen LogP contribution in [0.4, 0.5) is 11.4 Å². The zero-order valence-corrected chi connectivity index (χ0v) is 33.2. The Hall–Kier alpha value is -6.44. The van der Waals surface area contributed by atoms with Crippen molar-refractivity contribution in [1.82, 2.24) is 0 Å². The third kappa shape index (κ3) is 5.23. The molecule has 5 aromatic rings. The molecule has 0 radical (unpaired) electrons. The van der Waals surface area contributed by atoms with E-state index in [2.05, 4.69) is 217 Å². The summed E-state index contributed by atoms with van der Waals surface area (Å²) in [5.74, 6) is 1.98. The summed E-state index contributed by atoms with van der Waals surface area (Å²) in [5, 5.41) is 2.54. The minimum Gasteiger partial charge on any atom is -0.314 e. The largest absolute Gasteiger partial charge is 0.314 e. The first-order chi connectivity index (χ1) is 29.3. The molecule has 0 saturated heterocycles. The van der Waals surface area contributed by atoms with E-state index in [9.17, 15) is 0 Å². The van der Waals surface area contributed by atoms with Crippen LogP contribution in [0.25, 0.3) is 21.9 Å². The minimum absolute atomic E-state index is 0.118. The lowest BCUT2D eigenvalue weighted by atomic mass is 9.62. The van der Waals surface area contributed by atoms with Crippen LogP contribution in [-0.4, -0.2) is 0 Å². The molecule has 0 aliphatic heterocycles. The van der Waals surface area contributed by atoms with E-state index >= 15 is 0 Å². The second-order valence-corrected chi connectivity index (χ2v) is 17.4. The van der Waals surface area contributed by atoms with Gasteiger partial charge in [-0.1, -0.05) is 188 Å². The summed E-state index contributed by atoms with van der Waals surface area (Å²) in [6.07, 6.45) is 43.4. The molecule has 1 nitrogen and oxygen atoms in total. The van der Waals surface area contributed by atoms with Crippen molar-refractivity contribution in [2.45, 2.75) is 30.6 Å². The molecule has 0 N–H and O–H groups in total. The normalized spacial score (nSPS) is 26.8. The lowest BCUT2D eigenvalue weighted by Crippen LogP contribution is -2.37. The number of fused-ring (bicyclic) bond motifs is 12. The molecule has 0 heterocycles. The molecule has 5 aromatic carbocycles. The van der Waals surface area contributed by atoms with Crippen LogP contribution < -0.4 is 4.90 Å². The summed E-state index contributed by atoms with van der Waals surface area (Å²) < 4.78 is 0. The fourth-order valence-electron chi connectivity index (χ4n) is 12.2. The van der Waals surface area contributed by atoms with Gasteiger partial charge in [-0.05, 0) is 117 Å². The topological polar surface area (TPSA) is 3.24 Å². The van der Waals surface area contributed by atoms with Crippen molar-refractivity contribution in [3.8, 4) is 11.1 Å². The molecule has 1 saturated carbocycles. The molecule has 1 spiro atoms. The van der Waals surface area contributed by atoms with Crippen molar-refractivity contribution in [3.63, 3.8) is 0 Å². The first-order valence-corrected chi connectivity index (χ1v) is 21.7. The lowest BCUT2D eigenvalue weighted by Gasteiger charge is -2.40. The highest BCUT2D eigenvalue weighted by molar-refractivity contribution is 5.98. The molecule has 6 atom stereocenters. The molecule has 0 aromatic heterocycles. The van der Waals surface area contributed by atoms with Crippen LogP contribution in [0.1, 0.15) is 47.4 Å². The van der Waals surface area contributed by atoms with Crippen LogP contribution >= 0.6 is 0 Å². The molecule has 6 unspecified atom stereocenters. The highest BCUT2D eigenvalue weighted by Gasteiger charge is 2.62. The maximum absolute atomic E-state index is 2.66. The second-order valence-electron chi connectivity index (χ2n) is 17.4. The Balaban J connectivity index is 1.11. The number of rotatable bonds is 6. The van der Waals surface area contributed by atoms with Gasteiger partial charge < -0.3 is 4.90 Å². The van der Waals surface area contributed by atoms with Crippen molar-refractivity contribution in [1.29, 1.82) is 0 Å². The lowest BCUT2D eigenvalue weighted by molar-refractivity contribution is 0.371. The summed E-state index contributed by atoms with van der Waals surface area (Å²) in [4.78, 5) is 2.57. The molecular weight excluding hydrogens is 711 g/mol. The van der Waals surface area contributed by atoms with Crippen LogP contribution in [0.5, 0.6) is 0 Å². The summed E-state index contributed by atoms with van der Waals surface area (Å²) in [6.45, 7) is 0. The zero-order valence-electron chi connectivity index (χ0n) is 33.2. The number of benzene rings is 5. The Kier molecular flexibility index (Phi) is 8.12. The van der Waals surface area contributed by atoms with Crippen molar-refractivity contribution in [2.24, 2.45) is 29.6 Å². The molecule has 0 amide bonds. The van der Waals surface area contributed by atoms with Crippen molar-refractivity contribution in [2.75, 3.05) is 4.90 Å². The van der Waals surface area contributed by atoms with E-state index in [1.807, 2.05) is 0 Å². The molecule has 59 heavy (non-hydrogen) atoms. The summed E-state index contributed by atoms with van der Waals surface area (Å²) in [7, 11) is 0. The summed E-state index contributed by atoms with van der Waals surface area (Å²) in [6, 6.07) is 42.0. The van der Waals surface area contributed by atoms with E-state index in [1.165, 1.54) is 72.4 Å². The monoisotopic (exact) mass is 757 g/mol. The van der Waals surface area contributed by atoms with E-state index in [4.69, 9.17) is 0 Å². The molecular formula is C58H47N. The van der Waals surface area contributed by atoms with E-state index in [0.29, 0.717) is 29.6 Å². The van der Waals surface area contributed by atoms with Gasteiger partial charge in [0, 0.05) is 34.0 Å². The van der Waals surface area contributed by atoms with E-state index < -0.39 is 0 Å². The highest BCUT2D eigenvalue weighted by atomic mass is 15.2. The molecule has 1 fully saturated rings. The first kappa shape index (κ1) is 34.6. The van der Waals surface area contributed by atoms with Gasteiger partial charge in [0.15, 0.2) is 0 Å². The smallest absolute Gasteiger partial charge is 0.0536 e. The SMILES string of the molecule is C1=CCCC(N(c2ccc3c(c2)C2(c4cc(C(C5=C6C=CC=CC6CC=C5)c5ccccc5)ccc4-3)C3C=CC=CC3C3C=CC=CC32)c2cccc3ccccc23)=C1. The fourth-order valence-corrected chi connectivity index (χ4v) is 12.2.